The molecule has 0 N–H and O–H groups in total. The van der Waals surface area contributed by atoms with Crippen molar-refractivity contribution in [3.05, 3.63) is 41.3 Å². The van der Waals surface area contributed by atoms with Gasteiger partial charge in [-0.2, -0.15) is 0 Å². The van der Waals surface area contributed by atoms with Crippen LogP contribution < -0.4 is 0 Å². The van der Waals surface area contributed by atoms with Crippen LogP contribution in [-0.2, 0) is 10.8 Å². The van der Waals surface area contributed by atoms with Crippen molar-refractivity contribution in [2.45, 2.75) is 25.7 Å². The minimum Gasteiger partial charge on any atom is -0.250 e. The zero-order valence-electron chi connectivity index (χ0n) is 8.86. The lowest BCUT2D eigenvalue weighted by Gasteiger charge is -1.98. The molecule has 0 amide bonds. The first-order valence-corrected chi connectivity index (χ1v) is 5.96. The van der Waals surface area contributed by atoms with E-state index < -0.39 is 10.8 Å². The summed E-state index contributed by atoms with van der Waals surface area (Å²) in [6.45, 7) is 6.17. The van der Waals surface area contributed by atoms with E-state index in [4.69, 9.17) is 0 Å². The number of hydrogen-bond acceptors (Lipinski definition) is 1. The van der Waals surface area contributed by atoms with E-state index in [1.807, 2.05) is 37.3 Å². The molecule has 0 bridgehead atoms. The van der Waals surface area contributed by atoms with Crippen molar-refractivity contribution in [2.75, 3.05) is 0 Å². The summed E-state index contributed by atoms with van der Waals surface area (Å²) in [5.41, 5.74) is 1.19. The maximum atomic E-state index is 11.7. The lowest BCUT2D eigenvalue weighted by atomic mass is 10.2. The first-order chi connectivity index (χ1) is 6.59. The molecule has 1 aromatic carbocycles. The molecular formula is C12H16OS. The van der Waals surface area contributed by atoms with E-state index in [0.717, 1.165) is 4.90 Å². The Morgan fingerprint density at radius 1 is 1.21 bits per heavy atom. The standard InChI is InChI=1S/C12H16OS/c1-10(2)8-9-14(13)12-6-4-11(3)5-7-12/h4-10H,1-3H3/b9-8+. The van der Waals surface area contributed by atoms with Crippen LogP contribution in [0.3, 0.4) is 0 Å². The Bertz CT molecular complexity index is 336. The number of aryl methyl sites for hydroxylation is 1. The molecule has 1 unspecified atom stereocenters. The summed E-state index contributed by atoms with van der Waals surface area (Å²) in [6, 6.07) is 7.79. The number of rotatable bonds is 3. The first kappa shape index (κ1) is 11.2. The second kappa shape index (κ2) is 5.11. The highest BCUT2D eigenvalue weighted by atomic mass is 32.2. The first-order valence-electron chi connectivity index (χ1n) is 4.75. The van der Waals surface area contributed by atoms with Crippen molar-refractivity contribution in [1.82, 2.24) is 0 Å². The summed E-state index contributed by atoms with van der Waals surface area (Å²) in [5, 5.41) is 1.76. The van der Waals surface area contributed by atoms with Crippen LogP contribution in [0.15, 0.2) is 40.6 Å². The summed E-state index contributed by atoms with van der Waals surface area (Å²) in [4.78, 5) is 0.868. The van der Waals surface area contributed by atoms with Gasteiger partial charge in [-0.15, -0.1) is 0 Å². The molecule has 14 heavy (non-hydrogen) atoms. The molecule has 0 fully saturated rings. The molecule has 1 nitrogen and oxygen atoms in total. The van der Waals surface area contributed by atoms with Crippen LogP contribution in [0.4, 0.5) is 0 Å². The van der Waals surface area contributed by atoms with Crippen LogP contribution in [0, 0.1) is 12.8 Å². The summed E-state index contributed by atoms with van der Waals surface area (Å²) in [5.74, 6) is 0.449. The molecule has 1 rings (SSSR count). The van der Waals surface area contributed by atoms with E-state index in [-0.39, 0.29) is 0 Å². The van der Waals surface area contributed by atoms with Crippen molar-refractivity contribution >= 4 is 10.8 Å². The van der Waals surface area contributed by atoms with E-state index in [2.05, 4.69) is 13.8 Å². The van der Waals surface area contributed by atoms with Gasteiger partial charge in [-0.05, 0) is 25.0 Å². The van der Waals surface area contributed by atoms with E-state index in [0.29, 0.717) is 5.92 Å². The van der Waals surface area contributed by atoms with Crippen LogP contribution in [0.2, 0.25) is 0 Å². The Hall–Kier alpha value is -0.890. The summed E-state index contributed by atoms with van der Waals surface area (Å²) >= 11 is 0. The van der Waals surface area contributed by atoms with Crippen molar-refractivity contribution < 1.29 is 4.21 Å². The molecule has 0 aliphatic rings. The maximum Gasteiger partial charge on any atom is 0.0772 e. The fourth-order valence-electron chi connectivity index (χ4n) is 0.979. The molecule has 0 spiro atoms. The monoisotopic (exact) mass is 208 g/mol. The average Bonchev–Trinajstić information content (AvgIpc) is 2.15. The normalized spacial score (nSPS) is 13.7. The van der Waals surface area contributed by atoms with Crippen LogP contribution in [0.1, 0.15) is 19.4 Å². The third-order valence-corrected chi connectivity index (χ3v) is 2.98. The predicted molar refractivity (Wildman–Crippen MR) is 61.6 cm³/mol. The van der Waals surface area contributed by atoms with E-state index >= 15 is 0 Å². The summed E-state index contributed by atoms with van der Waals surface area (Å²) in [6.07, 6.45) is 1.97. The van der Waals surface area contributed by atoms with Crippen molar-refractivity contribution in [1.29, 1.82) is 0 Å². The van der Waals surface area contributed by atoms with Crippen molar-refractivity contribution in [3.63, 3.8) is 0 Å². The minimum absolute atomic E-state index is 0.449. The van der Waals surface area contributed by atoms with Gasteiger partial charge in [0.25, 0.3) is 0 Å². The molecule has 0 saturated carbocycles. The van der Waals surface area contributed by atoms with Gasteiger partial charge in [0.2, 0.25) is 0 Å². The third kappa shape index (κ3) is 3.46. The average molecular weight is 208 g/mol. The zero-order chi connectivity index (χ0) is 10.6. The Balaban J connectivity index is 2.75. The molecule has 2 heteroatoms. The molecule has 1 aromatic rings. The van der Waals surface area contributed by atoms with Gasteiger partial charge >= 0.3 is 0 Å². The van der Waals surface area contributed by atoms with Crippen LogP contribution >= 0.6 is 0 Å². The largest absolute Gasteiger partial charge is 0.250 e. The van der Waals surface area contributed by atoms with Crippen LogP contribution in [-0.4, -0.2) is 4.21 Å². The quantitative estimate of drug-likeness (QED) is 0.745. The lowest BCUT2D eigenvalue weighted by Crippen LogP contribution is -1.87. The lowest BCUT2D eigenvalue weighted by molar-refractivity contribution is 0.688. The number of allylic oxidation sites excluding steroid dienone is 1. The highest BCUT2D eigenvalue weighted by molar-refractivity contribution is 7.88. The Morgan fingerprint density at radius 2 is 1.79 bits per heavy atom. The SMILES string of the molecule is Cc1ccc(S(=O)/C=C/C(C)C)cc1. The van der Waals surface area contributed by atoms with Crippen LogP contribution in [0.25, 0.3) is 0 Å². The second-order valence-electron chi connectivity index (χ2n) is 3.68. The van der Waals surface area contributed by atoms with E-state index in [1.165, 1.54) is 5.56 Å². The predicted octanol–water partition coefficient (Wildman–Crippen LogP) is 3.27. The van der Waals surface area contributed by atoms with Gasteiger partial charge in [0.05, 0.1) is 10.8 Å². The van der Waals surface area contributed by atoms with Crippen molar-refractivity contribution in [2.24, 2.45) is 5.92 Å². The van der Waals surface area contributed by atoms with Crippen molar-refractivity contribution in [3.8, 4) is 0 Å². The Labute approximate surface area is 88.3 Å². The number of benzene rings is 1. The van der Waals surface area contributed by atoms with Gasteiger partial charge in [0, 0.05) is 10.3 Å². The third-order valence-electron chi connectivity index (χ3n) is 1.84. The van der Waals surface area contributed by atoms with Gasteiger partial charge in [-0.25, -0.2) is 4.21 Å². The molecule has 0 radical (unpaired) electrons. The molecule has 76 valence electrons. The topological polar surface area (TPSA) is 17.1 Å². The van der Waals surface area contributed by atoms with Gasteiger partial charge in [0.15, 0.2) is 0 Å². The smallest absolute Gasteiger partial charge is 0.0772 e. The Morgan fingerprint density at radius 3 is 2.29 bits per heavy atom. The van der Waals surface area contributed by atoms with Gasteiger partial charge in [-0.1, -0.05) is 37.6 Å². The highest BCUT2D eigenvalue weighted by Gasteiger charge is 1.98. The molecule has 1 atom stereocenters. The molecule has 0 saturated heterocycles. The van der Waals surface area contributed by atoms with Gasteiger partial charge in [0.1, 0.15) is 0 Å². The molecule has 0 aliphatic carbocycles. The summed E-state index contributed by atoms with van der Waals surface area (Å²) in [7, 11) is -0.993. The van der Waals surface area contributed by atoms with Gasteiger partial charge < -0.3 is 0 Å². The summed E-state index contributed by atoms with van der Waals surface area (Å²) < 4.78 is 11.7. The second-order valence-corrected chi connectivity index (χ2v) is 5.02. The molecular weight excluding hydrogens is 192 g/mol. The fraction of sp³-hybridized carbons (Fsp3) is 0.333. The minimum atomic E-state index is -0.993. The highest BCUT2D eigenvalue weighted by Crippen LogP contribution is 2.10. The van der Waals surface area contributed by atoms with E-state index in [9.17, 15) is 4.21 Å². The maximum absolute atomic E-state index is 11.7. The van der Waals surface area contributed by atoms with Crippen LogP contribution in [0.5, 0.6) is 0 Å². The Kier molecular flexibility index (Phi) is 4.08. The number of hydrogen-bond donors (Lipinski definition) is 0. The molecule has 0 aliphatic heterocycles. The fourth-order valence-corrected chi connectivity index (χ4v) is 2.00. The molecule has 0 heterocycles. The molecule has 0 aromatic heterocycles. The zero-order valence-corrected chi connectivity index (χ0v) is 9.67. The van der Waals surface area contributed by atoms with Gasteiger partial charge in [-0.3, -0.25) is 0 Å². The van der Waals surface area contributed by atoms with E-state index in [1.54, 1.807) is 5.41 Å².